The molecule has 6 heteroatoms. The maximum Gasteiger partial charge on any atom is 0.253 e. The SMILES string of the molecule is CC(OCC1CCCO1)C(=O)Nc1ccc(C(N)=S)cc1. The molecule has 1 aromatic rings. The predicted octanol–water partition coefficient (Wildman–Crippen LogP) is 1.84. The van der Waals surface area contributed by atoms with Crippen LogP contribution in [0.5, 0.6) is 0 Å². The number of nitrogens with one attached hydrogen (secondary N) is 1. The van der Waals surface area contributed by atoms with E-state index in [2.05, 4.69) is 5.32 Å². The van der Waals surface area contributed by atoms with Crippen LogP contribution in [-0.4, -0.2) is 36.3 Å². The molecule has 21 heavy (non-hydrogen) atoms. The Morgan fingerprint density at radius 3 is 2.81 bits per heavy atom. The summed E-state index contributed by atoms with van der Waals surface area (Å²) in [5, 5.41) is 2.79. The number of ether oxygens (including phenoxy) is 2. The fraction of sp³-hybridized carbons (Fsp3) is 0.467. The summed E-state index contributed by atoms with van der Waals surface area (Å²) >= 11 is 4.88. The van der Waals surface area contributed by atoms with Gasteiger partial charge in [-0.15, -0.1) is 0 Å². The van der Waals surface area contributed by atoms with Gasteiger partial charge < -0.3 is 20.5 Å². The smallest absolute Gasteiger partial charge is 0.253 e. The Bertz CT molecular complexity index is 498. The molecule has 1 aromatic carbocycles. The highest BCUT2D eigenvalue weighted by molar-refractivity contribution is 7.80. The molecule has 5 nitrogen and oxygen atoms in total. The zero-order chi connectivity index (χ0) is 15.2. The molecule has 1 aliphatic rings. The van der Waals surface area contributed by atoms with Crippen LogP contribution in [0.3, 0.4) is 0 Å². The second-order valence-electron chi connectivity index (χ2n) is 5.04. The van der Waals surface area contributed by atoms with Crippen molar-refractivity contribution in [2.45, 2.75) is 32.0 Å². The third-order valence-electron chi connectivity index (χ3n) is 3.36. The van der Waals surface area contributed by atoms with E-state index in [0.29, 0.717) is 17.3 Å². The highest BCUT2D eigenvalue weighted by Gasteiger charge is 2.19. The number of rotatable bonds is 6. The van der Waals surface area contributed by atoms with Crippen LogP contribution in [0.2, 0.25) is 0 Å². The summed E-state index contributed by atoms with van der Waals surface area (Å²) in [5.74, 6) is -0.184. The molecule has 0 bridgehead atoms. The molecule has 2 unspecified atom stereocenters. The van der Waals surface area contributed by atoms with E-state index in [4.69, 9.17) is 27.4 Å². The zero-order valence-electron chi connectivity index (χ0n) is 12.0. The molecular formula is C15H20N2O3S. The molecule has 0 aliphatic carbocycles. The minimum absolute atomic E-state index is 0.116. The summed E-state index contributed by atoms with van der Waals surface area (Å²) < 4.78 is 11.0. The molecule has 114 valence electrons. The van der Waals surface area contributed by atoms with Crippen molar-refractivity contribution in [3.8, 4) is 0 Å². The molecule has 0 aromatic heterocycles. The van der Waals surface area contributed by atoms with E-state index in [9.17, 15) is 4.79 Å². The first-order valence-electron chi connectivity index (χ1n) is 7.00. The van der Waals surface area contributed by atoms with Crippen molar-refractivity contribution in [3.05, 3.63) is 29.8 Å². The van der Waals surface area contributed by atoms with Crippen molar-refractivity contribution in [2.75, 3.05) is 18.5 Å². The Kier molecular flexibility index (Phi) is 5.67. The first-order valence-corrected chi connectivity index (χ1v) is 7.41. The summed E-state index contributed by atoms with van der Waals surface area (Å²) in [6.45, 7) is 2.96. The average Bonchev–Trinajstić information content (AvgIpc) is 2.98. The third-order valence-corrected chi connectivity index (χ3v) is 3.60. The average molecular weight is 308 g/mol. The van der Waals surface area contributed by atoms with Gasteiger partial charge in [-0.3, -0.25) is 4.79 Å². The van der Waals surface area contributed by atoms with E-state index in [-0.39, 0.29) is 12.0 Å². The van der Waals surface area contributed by atoms with Crippen molar-refractivity contribution in [2.24, 2.45) is 5.73 Å². The van der Waals surface area contributed by atoms with E-state index >= 15 is 0 Å². The van der Waals surface area contributed by atoms with Crippen molar-refractivity contribution in [3.63, 3.8) is 0 Å². The van der Waals surface area contributed by atoms with Crippen LogP contribution in [0.15, 0.2) is 24.3 Å². The number of hydrogen-bond donors (Lipinski definition) is 2. The first kappa shape index (κ1) is 15.9. The summed E-state index contributed by atoms with van der Waals surface area (Å²) in [6, 6.07) is 7.07. The number of carbonyl (C=O) groups excluding carboxylic acids is 1. The second-order valence-corrected chi connectivity index (χ2v) is 5.48. The van der Waals surface area contributed by atoms with Crippen molar-refractivity contribution in [1.82, 2.24) is 0 Å². The summed E-state index contributed by atoms with van der Waals surface area (Å²) in [4.78, 5) is 12.3. The Morgan fingerprint density at radius 1 is 1.52 bits per heavy atom. The number of anilines is 1. The molecule has 0 spiro atoms. The lowest BCUT2D eigenvalue weighted by molar-refractivity contribution is -0.128. The third kappa shape index (κ3) is 4.77. The van der Waals surface area contributed by atoms with Gasteiger partial charge in [0.1, 0.15) is 11.1 Å². The summed E-state index contributed by atoms with van der Waals surface area (Å²) in [5.41, 5.74) is 6.98. The normalized spacial score (nSPS) is 19.2. The van der Waals surface area contributed by atoms with Gasteiger partial charge in [0.2, 0.25) is 0 Å². The lowest BCUT2D eigenvalue weighted by Gasteiger charge is -2.16. The minimum Gasteiger partial charge on any atom is -0.389 e. The maximum atomic E-state index is 12.0. The fourth-order valence-electron chi connectivity index (χ4n) is 2.06. The molecule has 1 fully saturated rings. The van der Waals surface area contributed by atoms with E-state index in [1.54, 1.807) is 31.2 Å². The second kappa shape index (κ2) is 7.49. The van der Waals surface area contributed by atoms with Gasteiger partial charge in [-0.1, -0.05) is 12.2 Å². The lowest BCUT2D eigenvalue weighted by atomic mass is 10.2. The van der Waals surface area contributed by atoms with Gasteiger partial charge in [-0.05, 0) is 44.0 Å². The number of nitrogens with two attached hydrogens (primary N) is 1. The molecule has 2 rings (SSSR count). The van der Waals surface area contributed by atoms with Gasteiger partial charge in [0.25, 0.3) is 5.91 Å². The van der Waals surface area contributed by atoms with Crippen LogP contribution >= 0.6 is 12.2 Å². The van der Waals surface area contributed by atoms with Gasteiger partial charge >= 0.3 is 0 Å². The molecule has 0 radical (unpaired) electrons. The van der Waals surface area contributed by atoms with Crippen LogP contribution in [0.1, 0.15) is 25.3 Å². The molecule has 1 heterocycles. The van der Waals surface area contributed by atoms with Crippen LogP contribution < -0.4 is 11.1 Å². The largest absolute Gasteiger partial charge is 0.389 e. The molecule has 3 N–H and O–H groups in total. The molecule has 0 saturated carbocycles. The number of carbonyl (C=O) groups is 1. The molecule has 1 amide bonds. The van der Waals surface area contributed by atoms with E-state index in [1.165, 1.54) is 0 Å². The Morgan fingerprint density at radius 2 is 2.24 bits per heavy atom. The quantitative estimate of drug-likeness (QED) is 0.785. The number of hydrogen-bond acceptors (Lipinski definition) is 4. The monoisotopic (exact) mass is 308 g/mol. The van der Waals surface area contributed by atoms with E-state index < -0.39 is 6.10 Å². The van der Waals surface area contributed by atoms with Gasteiger partial charge in [-0.2, -0.15) is 0 Å². The van der Waals surface area contributed by atoms with Crippen molar-refractivity contribution < 1.29 is 14.3 Å². The number of amides is 1. The van der Waals surface area contributed by atoms with E-state index in [0.717, 1.165) is 25.0 Å². The van der Waals surface area contributed by atoms with E-state index in [1.807, 2.05) is 0 Å². The first-order chi connectivity index (χ1) is 10.1. The fourth-order valence-corrected chi connectivity index (χ4v) is 2.20. The van der Waals surface area contributed by atoms with Gasteiger partial charge in [0, 0.05) is 17.9 Å². The number of benzene rings is 1. The van der Waals surface area contributed by atoms with Crippen molar-refractivity contribution in [1.29, 1.82) is 0 Å². The highest BCUT2D eigenvalue weighted by atomic mass is 32.1. The summed E-state index contributed by atoms with van der Waals surface area (Å²) in [6.07, 6.45) is 1.65. The standard InChI is InChI=1S/C15H20N2O3S/c1-10(20-9-13-3-2-8-19-13)15(18)17-12-6-4-11(5-7-12)14(16)21/h4-7,10,13H,2-3,8-9H2,1H3,(H2,16,21)(H,17,18). The van der Waals surface area contributed by atoms with Crippen LogP contribution in [0.4, 0.5) is 5.69 Å². The molecule has 1 saturated heterocycles. The molecular weight excluding hydrogens is 288 g/mol. The van der Waals surface area contributed by atoms with Crippen LogP contribution in [-0.2, 0) is 14.3 Å². The van der Waals surface area contributed by atoms with Gasteiger partial charge in [-0.25, -0.2) is 0 Å². The molecule has 2 atom stereocenters. The molecule has 1 aliphatic heterocycles. The Balaban J connectivity index is 1.80. The Labute approximate surface area is 129 Å². The lowest BCUT2D eigenvalue weighted by Crippen LogP contribution is -2.30. The Hall–Kier alpha value is -1.50. The van der Waals surface area contributed by atoms with Gasteiger partial charge in [0.05, 0.1) is 12.7 Å². The highest BCUT2D eigenvalue weighted by Crippen LogP contribution is 2.14. The topological polar surface area (TPSA) is 73.6 Å². The van der Waals surface area contributed by atoms with Crippen molar-refractivity contribution >= 4 is 28.8 Å². The maximum absolute atomic E-state index is 12.0. The van der Waals surface area contributed by atoms with Crippen LogP contribution in [0, 0.1) is 0 Å². The minimum atomic E-state index is -0.524. The predicted molar refractivity (Wildman–Crippen MR) is 85.3 cm³/mol. The van der Waals surface area contributed by atoms with Crippen LogP contribution in [0.25, 0.3) is 0 Å². The zero-order valence-corrected chi connectivity index (χ0v) is 12.8. The summed E-state index contributed by atoms with van der Waals surface area (Å²) in [7, 11) is 0. The number of thiocarbonyl (C=S) groups is 1. The van der Waals surface area contributed by atoms with Gasteiger partial charge in [0.15, 0.2) is 0 Å².